The number of aryl methyl sites for hydroxylation is 2. The summed E-state index contributed by atoms with van der Waals surface area (Å²) in [6, 6.07) is 1.61. The zero-order chi connectivity index (χ0) is 35.2. The number of carbonyl (C=O) groups is 2. The standard InChI is InChI=1S/C33H40F4N4O6S/c1-19-6-9-21(10-7-19)30(42)41(23(16-45-4)17-46-5)27-14-26(34)28(13-24(27)31(43)44)47-29-25(33(35,36)37)12-20(15-38-29)8-11-22-18-48-32(39-22)40(2)3/h12-15,18-19,21,23H,6-11,16-17H2,1-5H3,(H,43,44). The van der Waals surface area contributed by atoms with Crippen molar-refractivity contribution in [1.82, 2.24) is 9.97 Å². The number of aromatic carboxylic acids is 1. The summed E-state index contributed by atoms with van der Waals surface area (Å²) >= 11 is 1.41. The summed E-state index contributed by atoms with van der Waals surface area (Å²) in [4.78, 5) is 37.8. The van der Waals surface area contributed by atoms with Crippen LogP contribution in [0.5, 0.6) is 11.6 Å². The lowest BCUT2D eigenvalue weighted by Crippen LogP contribution is -2.49. The van der Waals surface area contributed by atoms with Gasteiger partial charge in [-0.25, -0.2) is 19.2 Å². The van der Waals surface area contributed by atoms with Gasteiger partial charge in [-0.1, -0.05) is 6.92 Å². The molecule has 15 heteroatoms. The first-order valence-electron chi connectivity index (χ1n) is 15.5. The topological polar surface area (TPSA) is 114 Å². The van der Waals surface area contributed by atoms with Crippen molar-refractivity contribution in [2.45, 2.75) is 57.7 Å². The van der Waals surface area contributed by atoms with Crippen LogP contribution in [0.1, 0.15) is 59.8 Å². The minimum atomic E-state index is -4.92. The average molecular weight is 697 g/mol. The number of benzene rings is 1. The molecular weight excluding hydrogens is 656 g/mol. The SMILES string of the molecule is COCC(COC)N(C(=O)C1CCC(C)CC1)c1cc(F)c(Oc2ncc(CCc3csc(N(C)C)n3)cc2C(F)(F)F)cc1C(=O)O. The van der Waals surface area contributed by atoms with Crippen LogP contribution in [0.25, 0.3) is 0 Å². The Balaban J connectivity index is 1.69. The van der Waals surface area contributed by atoms with E-state index in [-0.39, 0.29) is 30.9 Å². The minimum absolute atomic E-state index is 0.0495. The van der Waals surface area contributed by atoms with Crippen LogP contribution in [0.15, 0.2) is 29.8 Å². The van der Waals surface area contributed by atoms with Crippen molar-refractivity contribution in [1.29, 1.82) is 0 Å². The number of ether oxygens (including phenoxy) is 3. The maximum atomic E-state index is 15.8. The summed E-state index contributed by atoms with van der Waals surface area (Å²) in [5, 5.41) is 12.8. The van der Waals surface area contributed by atoms with Gasteiger partial charge in [-0.05, 0) is 56.1 Å². The molecule has 0 radical (unpaired) electrons. The first kappa shape index (κ1) is 37.0. The molecule has 2 aromatic heterocycles. The Hall–Kier alpha value is -3.82. The smallest absolute Gasteiger partial charge is 0.421 e. The van der Waals surface area contributed by atoms with E-state index in [1.165, 1.54) is 36.7 Å². The van der Waals surface area contributed by atoms with Gasteiger partial charge in [0.15, 0.2) is 16.7 Å². The molecule has 1 amide bonds. The van der Waals surface area contributed by atoms with Gasteiger partial charge in [0.25, 0.3) is 0 Å². The molecule has 0 saturated heterocycles. The molecule has 1 aromatic carbocycles. The number of carbonyl (C=O) groups excluding carboxylic acids is 1. The number of methoxy groups -OCH3 is 2. The summed E-state index contributed by atoms with van der Waals surface area (Å²) in [6.45, 7) is 1.99. The molecule has 1 aliphatic rings. The second-order valence-corrected chi connectivity index (χ2v) is 13.0. The van der Waals surface area contributed by atoms with E-state index in [2.05, 4.69) is 16.9 Å². The predicted octanol–water partition coefficient (Wildman–Crippen LogP) is 6.86. The van der Waals surface area contributed by atoms with Crippen LogP contribution in [-0.4, -0.2) is 74.5 Å². The Morgan fingerprint density at radius 3 is 2.29 bits per heavy atom. The number of pyridine rings is 1. The molecule has 1 fully saturated rings. The van der Waals surface area contributed by atoms with Crippen LogP contribution in [0.4, 0.5) is 28.4 Å². The maximum Gasteiger partial charge on any atom is 0.421 e. The second-order valence-electron chi connectivity index (χ2n) is 12.1. The van der Waals surface area contributed by atoms with Crippen molar-refractivity contribution < 1.29 is 46.5 Å². The lowest BCUT2D eigenvalue weighted by atomic mass is 9.82. The van der Waals surface area contributed by atoms with Gasteiger partial charge in [0.2, 0.25) is 11.8 Å². The van der Waals surface area contributed by atoms with Crippen molar-refractivity contribution in [3.8, 4) is 11.6 Å². The molecule has 0 aliphatic heterocycles. The van der Waals surface area contributed by atoms with Crippen LogP contribution in [0.3, 0.4) is 0 Å². The number of hydrogen-bond acceptors (Lipinski definition) is 9. The Morgan fingerprint density at radius 1 is 1.06 bits per heavy atom. The van der Waals surface area contributed by atoms with Gasteiger partial charge in [0, 0.05) is 57.9 Å². The molecule has 1 saturated carbocycles. The van der Waals surface area contributed by atoms with Gasteiger partial charge in [0.05, 0.1) is 36.2 Å². The van der Waals surface area contributed by atoms with Gasteiger partial charge in [-0.3, -0.25) is 4.79 Å². The van der Waals surface area contributed by atoms with E-state index in [9.17, 15) is 27.9 Å². The fourth-order valence-electron chi connectivity index (χ4n) is 5.68. The number of anilines is 2. The van der Waals surface area contributed by atoms with E-state index in [1.54, 1.807) is 0 Å². The number of carboxylic acids is 1. The van der Waals surface area contributed by atoms with Crippen LogP contribution < -0.4 is 14.5 Å². The Morgan fingerprint density at radius 2 is 1.73 bits per heavy atom. The number of hydrogen-bond donors (Lipinski definition) is 1. The van der Waals surface area contributed by atoms with E-state index < -0.39 is 58.6 Å². The highest BCUT2D eigenvalue weighted by molar-refractivity contribution is 7.13. The van der Waals surface area contributed by atoms with Crippen molar-refractivity contribution in [3.05, 3.63) is 58.0 Å². The molecule has 1 N–H and O–H groups in total. The highest BCUT2D eigenvalue weighted by atomic mass is 32.1. The van der Waals surface area contributed by atoms with Gasteiger partial charge in [0.1, 0.15) is 5.56 Å². The Labute approximate surface area is 280 Å². The molecule has 1 aliphatic carbocycles. The number of rotatable bonds is 14. The zero-order valence-electron chi connectivity index (χ0n) is 27.5. The van der Waals surface area contributed by atoms with Gasteiger partial charge in [-0.2, -0.15) is 13.2 Å². The molecule has 48 heavy (non-hydrogen) atoms. The molecule has 3 aromatic rings. The van der Waals surface area contributed by atoms with E-state index in [0.717, 1.165) is 36.2 Å². The molecule has 262 valence electrons. The molecule has 10 nitrogen and oxygen atoms in total. The van der Waals surface area contributed by atoms with Crippen molar-refractivity contribution >= 4 is 34.0 Å². The first-order valence-corrected chi connectivity index (χ1v) is 16.3. The van der Waals surface area contributed by atoms with Gasteiger partial charge < -0.3 is 29.1 Å². The summed E-state index contributed by atoms with van der Waals surface area (Å²) in [7, 11) is 6.48. The molecular formula is C33H40F4N4O6S. The predicted molar refractivity (Wildman–Crippen MR) is 173 cm³/mol. The fraction of sp³-hybridized carbons (Fsp3) is 0.515. The molecule has 0 atom stereocenters. The quantitative estimate of drug-likeness (QED) is 0.181. The lowest BCUT2D eigenvalue weighted by molar-refractivity contribution is -0.139. The van der Waals surface area contributed by atoms with Crippen LogP contribution in [0.2, 0.25) is 0 Å². The van der Waals surface area contributed by atoms with Crippen LogP contribution in [-0.2, 0) is 33.3 Å². The van der Waals surface area contributed by atoms with Crippen LogP contribution in [0, 0.1) is 17.7 Å². The van der Waals surface area contributed by atoms with E-state index in [1.807, 2.05) is 24.4 Å². The van der Waals surface area contributed by atoms with Crippen molar-refractivity contribution in [3.63, 3.8) is 0 Å². The fourth-order valence-corrected chi connectivity index (χ4v) is 6.48. The van der Waals surface area contributed by atoms with E-state index >= 15 is 4.39 Å². The minimum Gasteiger partial charge on any atom is -0.478 e. The number of amides is 1. The van der Waals surface area contributed by atoms with Crippen LogP contribution >= 0.6 is 11.3 Å². The average Bonchev–Trinajstić information content (AvgIpc) is 3.51. The molecule has 0 spiro atoms. The van der Waals surface area contributed by atoms with Crippen molar-refractivity contribution in [2.75, 3.05) is 51.3 Å². The van der Waals surface area contributed by atoms with Crippen molar-refractivity contribution in [2.24, 2.45) is 11.8 Å². The number of thiazole rings is 1. The van der Waals surface area contributed by atoms with E-state index in [4.69, 9.17) is 14.2 Å². The number of alkyl halides is 3. The third-order valence-corrected chi connectivity index (χ3v) is 9.29. The Bertz CT molecular complexity index is 1570. The first-order chi connectivity index (χ1) is 22.7. The number of nitrogens with zero attached hydrogens (tertiary/aromatic N) is 4. The van der Waals surface area contributed by atoms with Gasteiger partial charge >= 0.3 is 12.1 Å². The third kappa shape index (κ3) is 8.99. The molecule has 0 bridgehead atoms. The number of carboxylic acid groups (broad SMARTS) is 1. The highest BCUT2D eigenvalue weighted by Crippen LogP contribution is 2.40. The normalized spacial score (nSPS) is 16.6. The zero-order valence-corrected chi connectivity index (χ0v) is 28.3. The lowest BCUT2D eigenvalue weighted by Gasteiger charge is -2.36. The Kier molecular flexibility index (Phi) is 12.4. The second kappa shape index (κ2) is 16.1. The highest BCUT2D eigenvalue weighted by Gasteiger charge is 2.38. The number of halogens is 4. The summed E-state index contributed by atoms with van der Waals surface area (Å²) in [6.07, 6.45) is -0.429. The van der Waals surface area contributed by atoms with Gasteiger partial charge in [-0.15, -0.1) is 11.3 Å². The summed E-state index contributed by atoms with van der Waals surface area (Å²) in [5.41, 5.74) is -1.12. The monoisotopic (exact) mass is 696 g/mol. The maximum absolute atomic E-state index is 15.8. The molecule has 0 unspecified atom stereocenters. The molecule has 4 rings (SSSR count). The summed E-state index contributed by atoms with van der Waals surface area (Å²) < 4.78 is 74.3. The summed E-state index contributed by atoms with van der Waals surface area (Å²) in [5.74, 6) is -4.90. The number of aromatic nitrogens is 2. The largest absolute Gasteiger partial charge is 0.478 e. The van der Waals surface area contributed by atoms with E-state index in [0.29, 0.717) is 30.9 Å². The third-order valence-electron chi connectivity index (χ3n) is 8.24. The molecule has 2 heterocycles.